The maximum atomic E-state index is 5.26. The molecule has 3 heterocycles. The van der Waals surface area contributed by atoms with Gasteiger partial charge < -0.3 is 0 Å². The molecule has 0 bridgehead atoms. The first-order valence-corrected chi connectivity index (χ1v) is 47.9. The molecule has 0 spiro atoms. The van der Waals surface area contributed by atoms with Crippen molar-refractivity contribution >= 4 is 118 Å². The minimum atomic E-state index is -0.0961. The van der Waals surface area contributed by atoms with Gasteiger partial charge in [0.15, 0.2) is 52.4 Å². The molecule has 2 aliphatic rings. The first kappa shape index (κ1) is 82.6. The summed E-state index contributed by atoms with van der Waals surface area (Å²) in [6.07, 6.45) is 0. The van der Waals surface area contributed by atoms with Crippen LogP contribution in [0.1, 0.15) is 49.9 Å². The lowest BCUT2D eigenvalue weighted by molar-refractivity contribution is 0.630. The third-order valence-corrected chi connectivity index (χ3v) is 28.8. The van der Waals surface area contributed by atoms with Crippen molar-refractivity contribution in [3.05, 3.63) is 477 Å². The van der Waals surface area contributed by atoms with Crippen LogP contribution in [0.3, 0.4) is 0 Å². The van der Waals surface area contributed by atoms with E-state index in [2.05, 4.69) is 416 Å². The largest absolute Gasteiger partial charge is 0.208 e. The molecule has 9 nitrogen and oxygen atoms in total. The van der Waals surface area contributed by atoms with E-state index in [9.17, 15) is 0 Å². The van der Waals surface area contributed by atoms with E-state index in [0.29, 0.717) is 52.4 Å². The minimum Gasteiger partial charge on any atom is -0.208 e. The van der Waals surface area contributed by atoms with Gasteiger partial charge in [-0.3, -0.25) is 0 Å². The van der Waals surface area contributed by atoms with Crippen LogP contribution < -0.4 is 0 Å². The van der Waals surface area contributed by atoms with E-state index in [4.69, 9.17) is 44.9 Å². The van der Waals surface area contributed by atoms with Gasteiger partial charge in [0, 0.05) is 60.9 Å². The number of aromatic nitrogens is 9. The maximum Gasteiger partial charge on any atom is 0.164 e. The summed E-state index contributed by atoms with van der Waals surface area (Å²) >= 11 is 0. The number of benzene rings is 23. The summed E-state index contributed by atoms with van der Waals surface area (Å²) in [5.41, 5.74) is 21.5. The van der Waals surface area contributed by atoms with Crippen LogP contribution in [-0.4, -0.2) is 44.9 Å². The standard InChI is InChI=1S/C45H27N3.C45H29N3.C41H31N3/c1-2-11-31(12-3-1)43-46-44(48-45(47-43)40-27-32-13-5-6-14-35(32)38-16-8-9-17-39(38)40)34-24-25-37-33(26-34)23-22-30-21-20-29-19-18-28-10-4-7-15-36(28)41(29)42(30)37;1-3-14-30(15-4-1)36-21-11-12-24-40(36)44-46-43(33-17-5-2-6-18-33)47-45(48-44)41-29-35(28-34-19-8-9-22-37(34)41)39-25-13-20-32-27-26-31-16-7-10-23-38(31)42(32)39;1-40(2)31-15-10-16-32-35(31)36-33(40)22-28(23-34(36)41(32,3)4)39-43-37(25-12-6-5-7-13-25)42-38(44-39)27-19-20-30-26(21-27)18-17-24-11-8-9-14-29(24)30/h1-27H;1-29H;5-23H,1-4H3. The molecule has 28 rings (SSSR count). The molecule has 0 amide bonds. The van der Waals surface area contributed by atoms with Gasteiger partial charge in [-0.15, -0.1) is 0 Å². The second kappa shape index (κ2) is 33.5. The van der Waals surface area contributed by atoms with Crippen molar-refractivity contribution < 1.29 is 0 Å². The van der Waals surface area contributed by atoms with E-state index in [1.54, 1.807) is 0 Å². The lowest BCUT2D eigenvalue weighted by atomic mass is 9.74. The van der Waals surface area contributed by atoms with Crippen molar-refractivity contribution in [3.8, 4) is 136 Å². The first-order valence-electron chi connectivity index (χ1n) is 47.9. The van der Waals surface area contributed by atoms with E-state index in [1.165, 1.54) is 131 Å². The highest BCUT2D eigenvalue weighted by Crippen LogP contribution is 2.61. The van der Waals surface area contributed by atoms with Crippen LogP contribution >= 0.6 is 0 Å². The number of nitrogens with zero attached hydrogens (tertiary/aromatic N) is 9. The summed E-state index contributed by atoms with van der Waals surface area (Å²) in [5, 5.41) is 26.7. The Bertz CT molecular complexity index is 9510. The summed E-state index contributed by atoms with van der Waals surface area (Å²) < 4.78 is 0. The van der Waals surface area contributed by atoms with Crippen LogP contribution in [0.4, 0.5) is 0 Å². The van der Waals surface area contributed by atoms with Crippen LogP contribution in [0.5, 0.6) is 0 Å². The topological polar surface area (TPSA) is 116 Å². The number of hydrogen-bond donors (Lipinski definition) is 0. The van der Waals surface area contributed by atoms with Gasteiger partial charge in [0.05, 0.1) is 0 Å². The fourth-order valence-electron chi connectivity index (χ4n) is 21.9. The van der Waals surface area contributed by atoms with Crippen molar-refractivity contribution in [3.63, 3.8) is 0 Å². The third kappa shape index (κ3) is 14.2. The smallest absolute Gasteiger partial charge is 0.164 e. The molecule has 0 saturated heterocycles. The van der Waals surface area contributed by atoms with Crippen molar-refractivity contribution in [2.45, 2.75) is 38.5 Å². The maximum absolute atomic E-state index is 5.26. The molecule has 3 aromatic heterocycles. The average Bonchev–Trinajstić information content (AvgIpc) is 1.51. The SMILES string of the molecule is CC1(C)c2cccc3c2-c2c1cc(-c1nc(-c4ccccc4)nc(-c4ccc5c(ccc6ccccc65)c4)n1)cc2C3(C)C.c1ccc(-c2nc(-c3ccc4c(ccc5ccc6ccc7ccccc7c6c54)c3)nc(-c3cc4ccccc4c4ccccc34)n2)cc1.c1ccc(-c2nc(-c3ccccc3-c3ccccc3)nc(-c3cc(-c4cccc5ccc6ccccc6c45)cc4ccccc34)n2)cc1. The zero-order valence-electron chi connectivity index (χ0n) is 77.3. The van der Waals surface area contributed by atoms with E-state index >= 15 is 0 Å². The van der Waals surface area contributed by atoms with Crippen molar-refractivity contribution in [2.75, 3.05) is 0 Å². The van der Waals surface area contributed by atoms with Crippen molar-refractivity contribution in [1.82, 2.24) is 44.9 Å². The molecule has 0 N–H and O–H groups in total. The van der Waals surface area contributed by atoms with Gasteiger partial charge in [-0.2, -0.15) is 0 Å². The second-order valence-corrected chi connectivity index (χ2v) is 37.8. The van der Waals surface area contributed by atoms with Gasteiger partial charge in [-0.25, -0.2) is 44.9 Å². The molecule has 0 saturated carbocycles. The lowest BCUT2D eigenvalue weighted by Gasteiger charge is -2.29. The van der Waals surface area contributed by atoms with Gasteiger partial charge in [0.1, 0.15) is 0 Å². The summed E-state index contributed by atoms with van der Waals surface area (Å²) in [7, 11) is 0. The van der Waals surface area contributed by atoms with Crippen LogP contribution in [0.25, 0.3) is 254 Å². The van der Waals surface area contributed by atoms with E-state index < -0.39 is 0 Å². The fourth-order valence-corrected chi connectivity index (χ4v) is 21.9. The zero-order chi connectivity index (χ0) is 93.3. The van der Waals surface area contributed by atoms with Gasteiger partial charge in [-0.05, 0) is 217 Å². The Kier molecular flexibility index (Phi) is 19.8. The van der Waals surface area contributed by atoms with E-state index in [0.717, 1.165) is 93.7 Å². The van der Waals surface area contributed by atoms with E-state index in [1.807, 2.05) is 66.7 Å². The van der Waals surface area contributed by atoms with Gasteiger partial charge in [0.2, 0.25) is 0 Å². The minimum absolute atomic E-state index is 0.0961. The Labute approximate surface area is 809 Å². The number of rotatable bonds is 11. The van der Waals surface area contributed by atoms with Crippen molar-refractivity contribution in [2.24, 2.45) is 0 Å². The molecular formula is C131H87N9. The molecule has 0 atom stereocenters. The number of fused-ring (bicyclic) bond motifs is 17. The monoisotopic (exact) mass is 1790 g/mol. The highest BCUT2D eigenvalue weighted by Gasteiger charge is 2.47. The quantitative estimate of drug-likeness (QED) is 0.117. The first-order chi connectivity index (χ1) is 68.9. The molecule has 140 heavy (non-hydrogen) atoms. The summed E-state index contributed by atoms with van der Waals surface area (Å²) in [6, 6.07) is 161. The Morgan fingerprint density at radius 3 is 0.957 bits per heavy atom. The normalized spacial score (nSPS) is 12.7. The molecule has 656 valence electrons. The molecule has 0 unspecified atom stereocenters. The molecule has 26 aromatic rings. The van der Waals surface area contributed by atoms with E-state index in [-0.39, 0.29) is 10.8 Å². The van der Waals surface area contributed by atoms with Gasteiger partial charge in [-0.1, -0.05) is 440 Å². The average molecular weight is 1790 g/mol. The van der Waals surface area contributed by atoms with Crippen LogP contribution in [0, 0.1) is 0 Å². The molecule has 0 fully saturated rings. The van der Waals surface area contributed by atoms with Gasteiger partial charge >= 0.3 is 0 Å². The van der Waals surface area contributed by atoms with Crippen LogP contribution in [0.15, 0.2) is 455 Å². The Morgan fingerprint density at radius 1 is 0.136 bits per heavy atom. The molecule has 2 aliphatic carbocycles. The molecule has 23 aromatic carbocycles. The van der Waals surface area contributed by atoms with Gasteiger partial charge in [0.25, 0.3) is 0 Å². The molecule has 0 aliphatic heterocycles. The van der Waals surface area contributed by atoms with Crippen LogP contribution in [-0.2, 0) is 10.8 Å². The number of hydrogen-bond acceptors (Lipinski definition) is 9. The van der Waals surface area contributed by atoms with Crippen LogP contribution in [0.2, 0.25) is 0 Å². The zero-order valence-corrected chi connectivity index (χ0v) is 77.3. The Balaban J connectivity index is 0.000000108. The summed E-state index contributed by atoms with van der Waals surface area (Å²) in [5.74, 6) is 5.98. The summed E-state index contributed by atoms with van der Waals surface area (Å²) in [4.78, 5) is 46.3. The Morgan fingerprint density at radius 2 is 0.429 bits per heavy atom. The van der Waals surface area contributed by atoms with Crippen molar-refractivity contribution in [1.29, 1.82) is 0 Å². The fraction of sp³-hybridized carbons (Fsp3) is 0.0458. The predicted octanol–water partition coefficient (Wildman–Crippen LogP) is 33.6. The second-order valence-electron chi connectivity index (χ2n) is 37.8. The highest BCUT2D eigenvalue weighted by atomic mass is 15.1. The third-order valence-electron chi connectivity index (χ3n) is 28.8. The molecular weight excluding hydrogens is 1700 g/mol. The Hall–Kier alpha value is -18.1. The summed E-state index contributed by atoms with van der Waals surface area (Å²) in [6.45, 7) is 9.39. The molecule has 0 radical (unpaired) electrons. The highest BCUT2D eigenvalue weighted by molar-refractivity contribution is 6.28. The predicted molar refractivity (Wildman–Crippen MR) is 582 cm³/mol. The molecule has 9 heteroatoms. The lowest BCUT2D eigenvalue weighted by Crippen LogP contribution is -2.21.